The Labute approximate surface area is 140 Å². The zero-order valence-corrected chi connectivity index (χ0v) is 13.8. The Kier molecular flexibility index (Phi) is 5.73. The minimum absolute atomic E-state index is 0.0551. The number of hydrogen-bond acceptors (Lipinski definition) is 6. The maximum absolute atomic E-state index is 12.0. The molecule has 8 heteroatoms. The average Bonchev–Trinajstić information content (AvgIpc) is 2.59. The van der Waals surface area contributed by atoms with Crippen molar-refractivity contribution >= 4 is 23.3 Å². The minimum atomic E-state index is -0.432. The van der Waals surface area contributed by atoms with Crippen LogP contribution in [0, 0.1) is 16.0 Å². The van der Waals surface area contributed by atoms with Crippen LogP contribution in [-0.4, -0.2) is 54.5 Å². The van der Waals surface area contributed by atoms with Crippen molar-refractivity contribution in [3.05, 3.63) is 34.4 Å². The minimum Gasteiger partial charge on any atom is -0.455 e. The van der Waals surface area contributed by atoms with Gasteiger partial charge >= 0.3 is 5.97 Å². The van der Waals surface area contributed by atoms with Crippen LogP contribution in [0.3, 0.4) is 0 Å². The van der Waals surface area contributed by atoms with E-state index in [0.717, 1.165) is 5.69 Å². The average molecular weight is 335 g/mol. The van der Waals surface area contributed by atoms with E-state index in [4.69, 9.17) is 4.74 Å². The van der Waals surface area contributed by atoms with E-state index >= 15 is 0 Å². The molecule has 1 aromatic carbocycles. The standard InChI is InChI=1S/C16H21N3O5/c1-12(2)16(21)24-11-15(20)18-9-7-17(8-10-18)13-3-5-14(6-4-13)19(22)23/h3-6,12H,7-11H2,1-2H3. The fourth-order valence-corrected chi connectivity index (χ4v) is 2.39. The van der Waals surface area contributed by atoms with E-state index in [1.807, 2.05) is 0 Å². The molecule has 1 fully saturated rings. The van der Waals surface area contributed by atoms with Gasteiger partial charge in [0.05, 0.1) is 10.8 Å². The Morgan fingerprint density at radius 3 is 2.25 bits per heavy atom. The molecule has 130 valence electrons. The number of esters is 1. The highest BCUT2D eigenvalue weighted by Gasteiger charge is 2.23. The number of rotatable bonds is 5. The molecule has 0 unspecified atom stereocenters. The van der Waals surface area contributed by atoms with Gasteiger partial charge in [-0.15, -0.1) is 0 Å². The van der Waals surface area contributed by atoms with Gasteiger partial charge in [0, 0.05) is 44.0 Å². The number of non-ortho nitro benzene ring substituents is 1. The molecule has 0 aliphatic carbocycles. The number of nitrogens with zero attached hydrogens (tertiary/aromatic N) is 3. The molecule has 24 heavy (non-hydrogen) atoms. The van der Waals surface area contributed by atoms with Gasteiger partial charge in [-0.1, -0.05) is 13.8 Å². The van der Waals surface area contributed by atoms with Crippen LogP contribution in [0.25, 0.3) is 0 Å². The molecule has 0 radical (unpaired) electrons. The summed E-state index contributed by atoms with van der Waals surface area (Å²) in [6.45, 7) is 5.51. The Morgan fingerprint density at radius 2 is 1.75 bits per heavy atom. The Bertz CT molecular complexity index is 607. The van der Waals surface area contributed by atoms with Crippen LogP contribution in [-0.2, 0) is 14.3 Å². The molecule has 0 spiro atoms. The van der Waals surface area contributed by atoms with Crippen LogP contribution < -0.4 is 4.90 Å². The second-order valence-electron chi connectivity index (χ2n) is 5.90. The van der Waals surface area contributed by atoms with Crippen LogP contribution >= 0.6 is 0 Å². The van der Waals surface area contributed by atoms with Gasteiger partial charge in [0.15, 0.2) is 6.61 Å². The Morgan fingerprint density at radius 1 is 1.17 bits per heavy atom. The number of piperazine rings is 1. The van der Waals surface area contributed by atoms with E-state index in [2.05, 4.69) is 4.90 Å². The first-order chi connectivity index (χ1) is 11.4. The van der Waals surface area contributed by atoms with Crippen LogP contribution in [0.1, 0.15) is 13.8 Å². The zero-order valence-electron chi connectivity index (χ0n) is 13.8. The summed E-state index contributed by atoms with van der Waals surface area (Å²) in [6.07, 6.45) is 0. The van der Waals surface area contributed by atoms with Crippen molar-refractivity contribution in [1.82, 2.24) is 4.90 Å². The lowest BCUT2D eigenvalue weighted by Gasteiger charge is -2.36. The number of anilines is 1. The molecule has 1 saturated heterocycles. The van der Waals surface area contributed by atoms with Gasteiger partial charge in [-0.05, 0) is 12.1 Å². The molecule has 8 nitrogen and oxygen atoms in total. The maximum Gasteiger partial charge on any atom is 0.308 e. The van der Waals surface area contributed by atoms with Crippen LogP contribution in [0.15, 0.2) is 24.3 Å². The fourth-order valence-electron chi connectivity index (χ4n) is 2.39. The highest BCUT2D eigenvalue weighted by Crippen LogP contribution is 2.20. The van der Waals surface area contributed by atoms with Crippen LogP contribution in [0.4, 0.5) is 11.4 Å². The molecule has 2 rings (SSSR count). The molecule has 0 saturated carbocycles. The molecule has 0 atom stereocenters. The van der Waals surface area contributed by atoms with Crippen LogP contribution in [0.5, 0.6) is 0 Å². The van der Waals surface area contributed by atoms with Crippen molar-refractivity contribution in [3.8, 4) is 0 Å². The first-order valence-corrected chi connectivity index (χ1v) is 7.82. The van der Waals surface area contributed by atoms with Crippen molar-refractivity contribution in [1.29, 1.82) is 0 Å². The predicted molar refractivity (Wildman–Crippen MR) is 87.7 cm³/mol. The second kappa shape index (κ2) is 7.76. The highest BCUT2D eigenvalue weighted by molar-refractivity contribution is 5.81. The van der Waals surface area contributed by atoms with E-state index in [9.17, 15) is 19.7 Å². The zero-order chi connectivity index (χ0) is 17.7. The van der Waals surface area contributed by atoms with Gasteiger partial charge in [-0.2, -0.15) is 0 Å². The maximum atomic E-state index is 12.0. The number of carbonyl (C=O) groups excluding carboxylic acids is 2. The lowest BCUT2D eigenvalue weighted by atomic mass is 10.2. The molecule has 1 aliphatic rings. The Balaban J connectivity index is 1.83. The monoisotopic (exact) mass is 335 g/mol. The third-order valence-electron chi connectivity index (χ3n) is 3.87. The molecular formula is C16H21N3O5. The van der Waals surface area contributed by atoms with Crippen molar-refractivity contribution in [3.63, 3.8) is 0 Å². The van der Waals surface area contributed by atoms with Gasteiger partial charge in [-0.25, -0.2) is 0 Å². The van der Waals surface area contributed by atoms with Crippen molar-refractivity contribution < 1.29 is 19.2 Å². The SMILES string of the molecule is CC(C)C(=O)OCC(=O)N1CCN(c2ccc([N+](=O)[O-])cc2)CC1. The number of amides is 1. The molecule has 0 bridgehead atoms. The van der Waals surface area contributed by atoms with Gasteiger partial charge in [0.25, 0.3) is 11.6 Å². The number of benzene rings is 1. The lowest BCUT2D eigenvalue weighted by molar-refractivity contribution is -0.384. The van der Waals surface area contributed by atoms with E-state index in [-0.39, 0.29) is 30.1 Å². The van der Waals surface area contributed by atoms with Crippen LogP contribution in [0.2, 0.25) is 0 Å². The smallest absolute Gasteiger partial charge is 0.308 e. The predicted octanol–water partition coefficient (Wildman–Crippen LogP) is 1.44. The number of carbonyl (C=O) groups is 2. The first kappa shape index (κ1) is 17.7. The summed E-state index contributed by atoms with van der Waals surface area (Å²) < 4.78 is 4.96. The van der Waals surface area contributed by atoms with E-state index in [0.29, 0.717) is 26.2 Å². The third-order valence-corrected chi connectivity index (χ3v) is 3.87. The number of nitro benzene ring substituents is 1. The molecule has 1 aliphatic heterocycles. The van der Waals surface area contributed by atoms with Crippen molar-refractivity contribution in [2.45, 2.75) is 13.8 Å². The van der Waals surface area contributed by atoms with E-state index in [1.54, 1.807) is 30.9 Å². The first-order valence-electron chi connectivity index (χ1n) is 7.82. The number of ether oxygens (including phenoxy) is 1. The summed E-state index contributed by atoms with van der Waals surface area (Å²) in [4.78, 5) is 37.4. The summed E-state index contributed by atoms with van der Waals surface area (Å²) >= 11 is 0. The molecule has 0 N–H and O–H groups in total. The number of nitro groups is 1. The van der Waals surface area contributed by atoms with Gasteiger partial charge < -0.3 is 14.5 Å². The molecule has 0 aromatic heterocycles. The summed E-state index contributed by atoms with van der Waals surface area (Å²) in [5.41, 5.74) is 0.943. The highest BCUT2D eigenvalue weighted by atomic mass is 16.6. The Hall–Kier alpha value is -2.64. The third kappa shape index (κ3) is 4.43. The lowest BCUT2D eigenvalue weighted by Crippen LogP contribution is -2.50. The summed E-state index contributed by atoms with van der Waals surface area (Å²) in [7, 11) is 0. The second-order valence-corrected chi connectivity index (χ2v) is 5.90. The molecule has 1 amide bonds. The molecule has 1 heterocycles. The van der Waals surface area contributed by atoms with Crippen molar-refractivity contribution in [2.24, 2.45) is 5.92 Å². The summed E-state index contributed by atoms with van der Waals surface area (Å²) in [5, 5.41) is 10.7. The van der Waals surface area contributed by atoms with Gasteiger partial charge in [0.1, 0.15) is 0 Å². The summed E-state index contributed by atoms with van der Waals surface area (Å²) in [5.74, 6) is -0.836. The van der Waals surface area contributed by atoms with E-state index in [1.165, 1.54) is 12.1 Å². The normalized spacial score (nSPS) is 14.6. The van der Waals surface area contributed by atoms with Gasteiger partial charge in [-0.3, -0.25) is 19.7 Å². The summed E-state index contributed by atoms with van der Waals surface area (Å²) in [6, 6.07) is 6.36. The van der Waals surface area contributed by atoms with E-state index < -0.39 is 4.92 Å². The largest absolute Gasteiger partial charge is 0.455 e. The van der Waals surface area contributed by atoms with Crippen molar-refractivity contribution in [2.75, 3.05) is 37.7 Å². The topological polar surface area (TPSA) is 93.0 Å². The quantitative estimate of drug-likeness (QED) is 0.459. The fraction of sp³-hybridized carbons (Fsp3) is 0.500. The number of hydrogen-bond donors (Lipinski definition) is 0. The molecule has 1 aromatic rings. The van der Waals surface area contributed by atoms with Gasteiger partial charge in [0.2, 0.25) is 0 Å². The molecular weight excluding hydrogens is 314 g/mol.